The molecule has 7 nitrogen and oxygen atoms in total. The first-order valence-corrected chi connectivity index (χ1v) is 14.1. The molecular weight excluding hydrogens is 536 g/mol. The largest absolute Gasteiger partial charge is 0.399 e. The van der Waals surface area contributed by atoms with Crippen molar-refractivity contribution >= 4 is 45.8 Å². The zero-order valence-electron chi connectivity index (χ0n) is 22.9. The second kappa shape index (κ2) is 12.0. The summed E-state index contributed by atoms with van der Waals surface area (Å²) in [6.45, 7) is 2.21. The van der Waals surface area contributed by atoms with E-state index in [-0.39, 0.29) is 37.2 Å². The maximum Gasteiger partial charge on any atom is 0.250 e. The molecule has 1 fully saturated rings. The van der Waals surface area contributed by atoms with Gasteiger partial charge in [-0.05, 0) is 65.1 Å². The third-order valence-electron chi connectivity index (χ3n) is 7.84. The lowest BCUT2D eigenvalue weighted by molar-refractivity contribution is -0.148. The van der Waals surface area contributed by atoms with Gasteiger partial charge in [0.05, 0.1) is 6.42 Å². The van der Waals surface area contributed by atoms with E-state index >= 15 is 0 Å². The van der Waals surface area contributed by atoms with Crippen molar-refractivity contribution in [2.24, 2.45) is 5.73 Å². The maximum atomic E-state index is 14.5. The smallest absolute Gasteiger partial charge is 0.250 e. The topological polar surface area (TPSA) is 110 Å². The summed E-state index contributed by atoms with van der Waals surface area (Å²) >= 11 is 6.36. The van der Waals surface area contributed by atoms with Crippen LogP contribution in [-0.2, 0) is 27.2 Å². The minimum Gasteiger partial charge on any atom is -0.399 e. The van der Waals surface area contributed by atoms with Crippen molar-refractivity contribution in [1.29, 1.82) is 0 Å². The van der Waals surface area contributed by atoms with Crippen molar-refractivity contribution in [3.05, 3.63) is 113 Å². The van der Waals surface area contributed by atoms with Crippen LogP contribution in [0, 0.1) is 0 Å². The molecule has 0 aromatic heterocycles. The highest BCUT2D eigenvalue weighted by Crippen LogP contribution is 2.33. The lowest BCUT2D eigenvalue weighted by Gasteiger charge is -2.36. The number of anilines is 1. The van der Waals surface area contributed by atoms with Gasteiger partial charge in [-0.15, -0.1) is 0 Å². The highest BCUT2D eigenvalue weighted by molar-refractivity contribution is 6.30. The molecule has 4 N–H and O–H groups in total. The van der Waals surface area contributed by atoms with Crippen LogP contribution in [0.5, 0.6) is 0 Å². The number of fused-ring (bicyclic) bond motifs is 1. The van der Waals surface area contributed by atoms with E-state index in [0.717, 1.165) is 21.9 Å². The van der Waals surface area contributed by atoms with Crippen molar-refractivity contribution < 1.29 is 14.4 Å². The fraction of sp³-hybridized carbons (Fsp3) is 0.242. The molecular formula is C33H33ClN4O3. The van der Waals surface area contributed by atoms with Crippen molar-refractivity contribution in [2.45, 2.75) is 44.3 Å². The quantitative estimate of drug-likeness (QED) is 0.309. The van der Waals surface area contributed by atoms with Gasteiger partial charge >= 0.3 is 0 Å². The van der Waals surface area contributed by atoms with E-state index in [1.54, 1.807) is 46.2 Å². The van der Waals surface area contributed by atoms with Gasteiger partial charge in [-0.3, -0.25) is 14.4 Å². The Labute approximate surface area is 244 Å². The molecule has 3 amide bonds. The average molecular weight is 569 g/mol. The van der Waals surface area contributed by atoms with E-state index in [9.17, 15) is 14.4 Å². The number of carbonyl (C=O) groups excluding carboxylic acids is 3. The fourth-order valence-corrected chi connectivity index (χ4v) is 5.93. The molecule has 0 radical (unpaired) electrons. The molecule has 3 atom stereocenters. The summed E-state index contributed by atoms with van der Waals surface area (Å²) < 4.78 is 0. The van der Waals surface area contributed by atoms with Crippen LogP contribution in [0.3, 0.4) is 0 Å². The van der Waals surface area contributed by atoms with Gasteiger partial charge in [0.1, 0.15) is 12.1 Å². The summed E-state index contributed by atoms with van der Waals surface area (Å²) in [6.07, 6.45) is 0.846. The molecule has 41 heavy (non-hydrogen) atoms. The summed E-state index contributed by atoms with van der Waals surface area (Å²) in [6, 6.07) is 25.8. The molecule has 210 valence electrons. The maximum absolute atomic E-state index is 14.5. The molecule has 0 aliphatic carbocycles. The molecule has 4 aromatic rings. The Hall–Kier alpha value is -4.36. The normalized spacial score (nSPS) is 18.2. The molecule has 0 saturated carbocycles. The minimum absolute atomic E-state index is 0.101. The summed E-state index contributed by atoms with van der Waals surface area (Å²) in [7, 11) is 0. The summed E-state index contributed by atoms with van der Waals surface area (Å²) in [5.41, 5.74) is 14.7. The minimum atomic E-state index is -0.971. The van der Waals surface area contributed by atoms with Gasteiger partial charge in [-0.25, -0.2) is 0 Å². The molecule has 1 unspecified atom stereocenters. The standard InChI is InChI=1S/C33H33ClN4O3/c1-21-16-17-37(29(32(36)40)20-24-8-4-7-23-6-2-3-11-28(23)24)33(41)31(25-9-5-10-26(34)19-25)38(21)30(39)18-22-12-14-27(35)15-13-22/h2-15,19,21,29,31H,16-18,20,35H2,1H3,(H2,36,40)/t21-,29?,31+/m1/s1. The first kappa shape index (κ1) is 28.2. The molecule has 1 aliphatic rings. The third kappa shape index (κ3) is 6.05. The van der Waals surface area contributed by atoms with Crippen molar-refractivity contribution in [1.82, 2.24) is 9.80 Å². The molecule has 1 saturated heterocycles. The van der Waals surface area contributed by atoms with E-state index in [1.807, 2.05) is 61.5 Å². The van der Waals surface area contributed by atoms with E-state index in [2.05, 4.69) is 0 Å². The van der Waals surface area contributed by atoms with Crippen LogP contribution in [0.4, 0.5) is 5.69 Å². The van der Waals surface area contributed by atoms with Crippen molar-refractivity contribution in [2.75, 3.05) is 12.3 Å². The van der Waals surface area contributed by atoms with Crippen LogP contribution in [0.1, 0.15) is 36.1 Å². The molecule has 0 bridgehead atoms. The Morgan fingerprint density at radius 2 is 1.68 bits per heavy atom. The number of primary amides is 1. The van der Waals surface area contributed by atoms with Gasteiger partial charge in [0, 0.05) is 29.7 Å². The van der Waals surface area contributed by atoms with Crippen LogP contribution in [-0.4, -0.2) is 46.1 Å². The Morgan fingerprint density at radius 1 is 0.976 bits per heavy atom. The van der Waals surface area contributed by atoms with E-state index in [0.29, 0.717) is 22.7 Å². The van der Waals surface area contributed by atoms with Crippen LogP contribution in [0.2, 0.25) is 5.02 Å². The predicted molar refractivity (Wildman–Crippen MR) is 162 cm³/mol. The molecule has 8 heteroatoms. The summed E-state index contributed by atoms with van der Waals surface area (Å²) in [5.74, 6) is -1.15. The predicted octanol–water partition coefficient (Wildman–Crippen LogP) is 4.91. The lowest BCUT2D eigenvalue weighted by Crippen LogP contribution is -2.52. The summed E-state index contributed by atoms with van der Waals surface area (Å²) in [4.78, 5) is 44.5. The van der Waals surface area contributed by atoms with E-state index in [1.165, 1.54) is 0 Å². The number of nitrogen functional groups attached to an aromatic ring is 1. The fourth-order valence-electron chi connectivity index (χ4n) is 5.73. The van der Waals surface area contributed by atoms with Crippen LogP contribution >= 0.6 is 11.6 Å². The number of hydrogen-bond donors (Lipinski definition) is 2. The third-order valence-corrected chi connectivity index (χ3v) is 8.08. The molecule has 1 aliphatic heterocycles. The van der Waals surface area contributed by atoms with E-state index < -0.39 is 18.0 Å². The Morgan fingerprint density at radius 3 is 2.41 bits per heavy atom. The Bertz CT molecular complexity index is 1580. The zero-order chi connectivity index (χ0) is 29.1. The number of benzene rings is 4. The molecule has 1 heterocycles. The monoisotopic (exact) mass is 568 g/mol. The van der Waals surface area contributed by atoms with Gasteiger partial charge in [0.2, 0.25) is 11.8 Å². The van der Waals surface area contributed by atoms with Gasteiger partial charge in [-0.1, -0.05) is 78.3 Å². The zero-order valence-corrected chi connectivity index (χ0v) is 23.6. The first-order valence-electron chi connectivity index (χ1n) is 13.7. The highest BCUT2D eigenvalue weighted by Gasteiger charge is 2.43. The number of hydrogen-bond acceptors (Lipinski definition) is 4. The Balaban J connectivity index is 1.53. The number of rotatable bonds is 7. The number of nitrogens with two attached hydrogens (primary N) is 2. The number of nitrogens with zero attached hydrogens (tertiary/aromatic N) is 2. The average Bonchev–Trinajstić information content (AvgIpc) is 3.08. The van der Waals surface area contributed by atoms with Gasteiger partial charge in [0.15, 0.2) is 0 Å². The second-order valence-electron chi connectivity index (χ2n) is 10.6. The van der Waals surface area contributed by atoms with Gasteiger partial charge < -0.3 is 21.3 Å². The van der Waals surface area contributed by atoms with Gasteiger partial charge in [-0.2, -0.15) is 0 Å². The van der Waals surface area contributed by atoms with E-state index in [4.69, 9.17) is 23.1 Å². The first-order chi connectivity index (χ1) is 19.7. The molecule has 4 aromatic carbocycles. The highest BCUT2D eigenvalue weighted by atomic mass is 35.5. The number of carbonyl (C=O) groups is 3. The number of amides is 3. The summed E-state index contributed by atoms with van der Waals surface area (Å²) in [5, 5.41) is 2.50. The van der Waals surface area contributed by atoms with Crippen molar-refractivity contribution in [3.63, 3.8) is 0 Å². The SMILES string of the molecule is C[C@@H]1CCN(C(Cc2cccc3ccccc23)C(N)=O)C(=O)[C@H](c2cccc(Cl)c2)N1C(=O)Cc1ccc(N)cc1. The second-order valence-corrected chi connectivity index (χ2v) is 11.0. The van der Waals surface area contributed by atoms with Gasteiger partial charge in [0.25, 0.3) is 5.91 Å². The molecule has 5 rings (SSSR count). The van der Waals surface area contributed by atoms with Crippen molar-refractivity contribution in [3.8, 4) is 0 Å². The number of halogens is 1. The Kier molecular flexibility index (Phi) is 8.26. The lowest BCUT2D eigenvalue weighted by atomic mass is 9.96. The van der Waals surface area contributed by atoms with Crippen LogP contribution < -0.4 is 11.5 Å². The van der Waals surface area contributed by atoms with Crippen LogP contribution in [0.15, 0.2) is 91.0 Å². The van der Waals surface area contributed by atoms with Crippen LogP contribution in [0.25, 0.3) is 10.8 Å². The molecule has 0 spiro atoms.